The van der Waals surface area contributed by atoms with Gasteiger partial charge in [0.1, 0.15) is 5.58 Å². The number of fused-ring (bicyclic) bond motifs is 11. The molecule has 1 aliphatic heterocycles. The number of hydrogen-bond acceptors (Lipinski definition) is 3. The number of rotatable bonds is 4. The molecule has 296 valence electrons. The van der Waals surface area contributed by atoms with Crippen LogP contribution in [0.2, 0.25) is 0 Å². The van der Waals surface area contributed by atoms with Gasteiger partial charge in [-0.3, -0.25) is 0 Å². The second-order valence-corrected chi connectivity index (χ2v) is 16.9. The van der Waals surface area contributed by atoms with Crippen molar-refractivity contribution in [2.45, 2.75) is 13.3 Å². The van der Waals surface area contributed by atoms with E-state index in [-0.39, 0.29) is 5.92 Å². The maximum Gasteiger partial charge on any atom is 0.160 e. The van der Waals surface area contributed by atoms with Gasteiger partial charge in [-0.2, -0.15) is 0 Å². The van der Waals surface area contributed by atoms with Gasteiger partial charge in [0.15, 0.2) is 11.4 Å². The van der Waals surface area contributed by atoms with E-state index in [4.69, 9.17) is 14.4 Å². The zero-order valence-electron chi connectivity index (χ0n) is 34.6. The molecule has 1 aliphatic rings. The Morgan fingerprint density at radius 2 is 1.08 bits per heavy atom. The summed E-state index contributed by atoms with van der Waals surface area (Å²) in [6.07, 6.45) is 3.07. The van der Waals surface area contributed by atoms with Crippen molar-refractivity contribution in [3.8, 4) is 5.69 Å². The smallest absolute Gasteiger partial charge is 0.160 e. The lowest BCUT2D eigenvalue weighted by atomic mass is 9.92. The van der Waals surface area contributed by atoms with Gasteiger partial charge in [-0.25, -0.2) is 9.98 Å². The molecule has 10 aromatic carbocycles. The number of amidine groups is 1. The van der Waals surface area contributed by atoms with E-state index < -0.39 is 0 Å². The second kappa shape index (κ2) is 14.0. The fourth-order valence-corrected chi connectivity index (χ4v) is 10.1. The molecule has 0 fully saturated rings. The molecular formula is C59H39N3O. The third-order valence-corrected chi connectivity index (χ3v) is 13.2. The fraction of sp³-hybridized carbons (Fsp3) is 0.0508. The maximum atomic E-state index is 6.98. The third-order valence-electron chi connectivity index (χ3n) is 13.2. The first-order valence-electron chi connectivity index (χ1n) is 21.8. The van der Waals surface area contributed by atoms with Crippen molar-refractivity contribution in [2.75, 3.05) is 0 Å². The van der Waals surface area contributed by atoms with Crippen LogP contribution in [0.3, 0.4) is 0 Å². The molecule has 0 spiro atoms. The lowest BCUT2D eigenvalue weighted by molar-refractivity contribution is 0.666. The van der Waals surface area contributed by atoms with Crippen molar-refractivity contribution in [3.05, 3.63) is 217 Å². The fourth-order valence-electron chi connectivity index (χ4n) is 10.1. The monoisotopic (exact) mass is 805 g/mol. The van der Waals surface area contributed by atoms with E-state index >= 15 is 0 Å². The molecule has 0 bridgehead atoms. The van der Waals surface area contributed by atoms with Crippen LogP contribution in [0.4, 0.5) is 0 Å². The number of aliphatic imine (C=N–C) groups is 2. The number of allylic oxidation sites excluding steroid dienone is 1. The highest BCUT2D eigenvalue weighted by molar-refractivity contribution is 6.19. The van der Waals surface area contributed by atoms with Crippen molar-refractivity contribution < 1.29 is 4.42 Å². The molecule has 1 atom stereocenters. The van der Waals surface area contributed by atoms with Gasteiger partial charge >= 0.3 is 0 Å². The minimum Gasteiger partial charge on any atom is -0.454 e. The van der Waals surface area contributed by atoms with Crippen LogP contribution in [0, 0.1) is 5.92 Å². The van der Waals surface area contributed by atoms with Crippen molar-refractivity contribution >= 4 is 104 Å². The zero-order valence-corrected chi connectivity index (χ0v) is 34.6. The average Bonchev–Trinajstić information content (AvgIpc) is 3.87. The normalized spacial score (nSPS) is 17.3. The average molecular weight is 806 g/mol. The Balaban J connectivity index is 1.10. The maximum absolute atomic E-state index is 6.98. The summed E-state index contributed by atoms with van der Waals surface area (Å²) in [6, 6.07) is 69.8. The van der Waals surface area contributed by atoms with Gasteiger partial charge in [0.2, 0.25) is 0 Å². The van der Waals surface area contributed by atoms with Crippen LogP contribution < -0.4 is 0 Å². The summed E-state index contributed by atoms with van der Waals surface area (Å²) < 4.78 is 9.40. The molecule has 0 radical (unpaired) electrons. The number of benzene rings is 10. The lowest BCUT2D eigenvalue weighted by Gasteiger charge is -2.20. The SMILES string of the molecule is CC1C/C=C(c2ccc3c(oc4ccccc43)c2-n2c3ccccc3c3cc4ccccc4cc32)/N=C(c2ccc3c(ccc4ccccc43)c2)\N=C/1c1ccc2ccccc2c1. The summed E-state index contributed by atoms with van der Waals surface area (Å²) in [5, 5.41) is 14.2. The molecule has 2 aromatic heterocycles. The Bertz CT molecular complexity index is 3970. The van der Waals surface area contributed by atoms with Crippen LogP contribution in [0.5, 0.6) is 0 Å². The highest BCUT2D eigenvalue weighted by Crippen LogP contribution is 2.43. The van der Waals surface area contributed by atoms with Crippen LogP contribution in [0.1, 0.15) is 30.0 Å². The van der Waals surface area contributed by atoms with Crippen LogP contribution >= 0.6 is 0 Å². The summed E-state index contributed by atoms with van der Waals surface area (Å²) in [7, 11) is 0. The summed E-state index contributed by atoms with van der Waals surface area (Å²) >= 11 is 0. The molecule has 1 unspecified atom stereocenters. The van der Waals surface area contributed by atoms with Gasteiger partial charge in [0.05, 0.1) is 28.1 Å². The standard InChI is InChI=1S/C59H39N3O/c1-36-22-31-52(60-59(61-56(36)43-26-23-37-12-2-3-14-39(37)32-43)44-27-28-46-42(33-44)25-24-38-13-6-7-17-45(38)46)50-30-29-49-48-19-9-11-21-55(48)63-58(49)57(50)62-53-20-10-8-18-47(53)51-34-40-15-4-5-16-41(40)35-54(51)62/h2-21,23-36H,22H2,1H3/b52-31+,60-59-,61-56+. The van der Waals surface area contributed by atoms with Gasteiger partial charge in [-0.15, -0.1) is 0 Å². The van der Waals surface area contributed by atoms with Crippen LogP contribution in [-0.4, -0.2) is 16.1 Å². The molecule has 0 aliphatic carbocycles. The number of aromatic nitrogens is 1. The van der Waals surface area contributed by atoms with Gasteiger partial charge in [0, 0.05) is 38.6 Å². The van der Waals surface area contributed by atoms with E-state index in [2.05, 4.69) is 206 Å². The van der Waals surface area contributed by atoms with Crippen LogP contribution in [-0.2, 0) is 0 Å². The molecule has 4 nitrogen and oxygen atoms in total. The lowest BCUT2D eigenvalue weighted by Crippen LogP contribution is -2.17. The first kappa shape index (κ1) is 35.7. The van der Waals surface area contributed by atoms with E-state index in [1.165, 1.54) is 48.5 Å². The van der Waals surface area contributed by atoms with E-state index in [0.717, 1.165) is 78.6 Å². The minimum absolute atomic E-state index is 0.0917. The second-order valence-electron chi connectivity index (χ2n) is 16.9. The van der Waals surface area contributed by atoms with Crippen molar-refractivity contribution in [1.29, 1.82) is 0 Å². The Morgan fingerprint density at radius 3 is 1.94 bits per heavy atom. The molecule has 0 N–H and O–H groups in total. The highest BCUT2D eigenvalue weighted by atomic mass is 16.3. The summed E-state index contributed by atoms with van der Waals surface area (Å²) in [5.41, 5.74) is 9.83. The van der Waals surface area contributed by atoms with Crippen LogP contribution in [0.15, 0.2) is 215 Å². The minimum atomic E-state index is 0.0917. The molecule has 3 heterocycles. The number of nitrogens with zero attached hydrogens (tertiary/aromatic N) is 3. The number of furan rings is 1. The van der Waals surface area contributed by atoms with Crippen molar-refractivity contribution in [3.63, 3.8) is 0 Å². The van der Waals surface area contributed by atoms with E-state index in [9.17, 15) is 0 Å². The summed E-state index contributed by atoms with van der Waals surface area (Å²) in [5.74, 6) is 0.768. The molecule has 4 heteroatoms. The van der Waals surface area contributed by atoms with E-state index in [1.807, 2.05) is 6.07 Å². The van der Waals surface area contributed by atoms with E-state index in [0.29, 0.717) is 5.84 Å². The highest BCUT2D eigenvalue weighted by Gasteiger charge is 2.25. The molecule has 0 saturated carbocycles. The van der Waals surface area contributed by atoms with Crippen molar-refractivity contribution in [2.24, 2.45) is 15.9 Å². The topological polar surface area (TPSA) is 42.8 Å². The van der Waals surface area contributed by atoms with Crippen LogP contribution in [0.25, 0.3) is 98.2 Å². The van der Waals surface area contributed by atoms with Gasteiger partial charge in [-0.05, 0) is 104 Å². The Morgan fingerprint density at radius 1 is 0.460 bits per heavy atom. The van der Waals surface area contributed by atoms with Crippen molar-refractivity contribution in [1.82, 2.24) is 4.57 Å². The first-order valence-corrected chi connectivity index (χ1v) is 21.8. The zero-order chi connectivity index (χ0) is 41.6. The largest absolute Gasteiger partial charge is 0.454 e. The molecule has 12 aromatic rings. The third kappa shape index (κ3) is 5.68. The first-order chi connectivity index (χ1) is 31.1. The Labute approximate surface area is 363 Å². The number of hydrogen-bond donors (Lipinski definition) is 0. The molecule has 0 saturated heterocycles. The molecule has 63 heavy (non-hydrogen) atoms. The molecule has 13 rings (SSSR count). The van der Waals surface area contributed by atoms with Gasteiger partial charge < -0.3 is 8.98 Å². The molecule has 0 amide bonds. The quantitative estimate of drug-likeness (QED) is 0.163. The van der Waals surface area contributed by atoms with Gasteiger partial charge in [-0.1, -0.05) is 159 Å². The Kier molecular flexibility index (Phi) is 7.91. The summed E-state index contributed by atoms with van der Waals surface area (Å²) in [4.78, 5) is 11.3. The molecular weight excluding hydrogens is 767 g/mol. The number of para-hydroxylation sites is 2. The summed E-state index contributed by atoms with van der Waals surface area (Å²) in [6.45, 7) is 2.29. The van der Waals surface area contributed by atoms with Gasteiger partial charge in [0.25, 0.3) is 0 Å². The predicted octanol–water partition coefficient (Wildman–Crippen LogP) is 15.6. The Hall–Kier alpha value is -8.08. The predicted molar refractivity (Wildman–Crippen MR) is 266 cm³/mol. The van der Waals surface area contributed by atoms with E-state index in [1.54, 1.807) is 0 Å².